The number of allylic oxidation sites excluding steroid dienone is 1. The summed E-state index contributed by atoms with van der Waals surface area (Å²) in [5.41, 5.74) is 1.16. The average molecular weight is 338 g/mol. The molecule has 0 N–H and O–H groups in total. The van der Waals surface area contributed by atoms with Crippen molar-refractivity contribution in [3.8, 4) is 0 Å². The lowest BCUT2D eigenvalue weighted by Gasteiger charge is -2.58. The van der Waals surface area contributed by atoms with Gasteiger partial charge in [-0.15, -0.1) is 0 Å². The first kappa shape index (κ1) is 17.9. The van der Waals surface area contributed by atoms with Crippen LogP contribution >= 0.6 is 0 Å². The van der Waals surface area contributed by atoms with Crippen LogP contribution in [-0.4, -0.2) is 38.9 Å². The van der Waals surface area contributed by atoms with E-state index in [0.717, 1.165) is 19.3 Å². The summed E-state index contributed by atoms with van der Waals surface area (Å²) in [5.74, 6) is 0.389. The highest BCUT2D eigenvalue weighted by Crippen LogP contribution is 2.63. The second-order valence-corrected chi connectivity index (χ2v) is 8.24. The summed E-state index contributed by atoms with van der Waals surface area (Å²) < 4.78 is 22.8. The minimum atomic E-state index is -0.313. The highest BCUT2D eigenvalue weighted by atomic mass is 16.8. The molecule has 5 heteroatoms. The van der Waals surface area contributed by atoms with Crippen LogP contribution in [0.3, 0.4) is 0 Å². The Kier molecular flexibility index (Phi) is 4.56. The lowest BCUT2D eigenvalue weighted by molar-refractivity contribution is -0.213. The van der Waals surface area contributed by atoms with E-state index >= 15 is 0 Å². The van der Waals surface area contributed by atoms with Gasteiger partial charge in [-0.3, -0.25) is 4.79 Å². The van der Waals surface area contributed by atoms with Crippen LogP contribution < -0.4 is 0 Å². The topological polar surface area (TPSA) is 54.0 Å². The van der Waals surface area contributed by atoms with Gasteiger partial charge in [-0.25, -0.2) is 0 Å². The molecule has 0 aromatic rings. The van der Waals surface area contributed by atoms with Gasteiger partial charge in [0, 0.05) is 32.5 Å². The zero-order chi connectivity index (χ0) is 17.7. The molecule has 0 aromatic carbocycles. The Balaban J connectivity index is 1.97. The minimum Gasteiger partial charge on any atom is -0.462 e. The molecule has 0 spiro atoms. The number of ether oxygens (including phenoxy) is 4. The molecule has 3 aliphatic rings. The number of carbonyl (C=O) groups excluding carboxylic acids is 1. The third-order valence-electron chi connectivity index (χ3n) is 6.68. The molecule has 1 saturated heterocycles. The summed E-state index contributed by atoms with van der Waals surface area (Å²) >= 11 is 0. The van der Waals surface area contributed by atoms with Gasteiger partial charge in [-0.2, -0.15) is 0 Å². The molecule has 0 aromatic heterocycles. The molecular formula is C19H30O5. The average Bonchev–Trinajstić information content (AvgIpc) is 2.89. The van der Waals surface area contributed by atoms with Crippen LogP contribution in [0.5, 0.6) is 0 Å². The number of rotatable bonds is 3. The van der Waals surface area contributed by atoms with E-state index in [2.05, 4.69) is 26.8 Å². The van der Waals surface area contributed by atoms with Crippen LogP contribution in [0.1, 0.15) is 47.0 Å². The van der Waals surface area contributed by atoms with Crippen LogP contribution in [0.15, 0.2) is 11.6 Å². The fraction of sp³-hybridized carbons (Fsp3) is 0.842. The zero-order valence-corrected chi connectivity index (χ0v) is 15.6. The fourth-order valence-corrected chi connectivity index (χ4v) is 5.55. The second-order valence-electron chi connectivity index (χ2n) is 8.24. The van der Waals surface area contributed by atoms with E-state index in [-0.39, 0.29) is 41.4 Å². The molecule has 0 unspecified atom stereocenters. The van der Waals surface area contributed by atoms with Crippen molar-refractivity contribution in [3.63, 3.8) is 0 Å². The number of methoxy groups -OCH3 is 2. The van der Waals surface area contributed by atoms with E-state index in [1.54, 1.807) is 14.2 Å². The molecule has 136 valence electrons. The Morgan fingerprint density at radius 1 is 1.25 bits per heavy atom. The first-order valence-corrected chi connectivity index (χ1v) is 8.84. The maximum absolute atomic E-state index is 11.5. The van der Waals surface area contributed by atoms with Gasteiger partial charge in [0.1, 0.15) is 6.10 Å². The third-order valence-corrected chi connectivity index (χ3v) is 6.68. The number of esters is 1. The zero-order valence-electron chi connectivity index (χ0n) is 15.6. The van der Waals surface area contributed by atoms with Gasteiger partial charge in [0.2, 0.25) is 0 Å². The minimum absolute atomic E-state index is 0.0374. The Labute approximate surface area is 144 Å². The Morgan fingerprint density at radius 3 is 2.54 bits per heavy atom. The molecule has 0 amide bonds. The highest BCUT2D eigenvalue weighted by molar-refractivity contribution is 5.66. The van der Waals surface area contributed by atoms with Crippen molar-refractivity contribution in [1.29, 1.82) is 0 Å². The van der Waals surface area contributed by atoms with Crippen molar-refractivity contribution in [2.24, 2.45) is 22.7 Å². The normalized spacial score (nSPS) is 43.6. The van der Waals surface area contributed by atoms with Crippen LogP contribution in [0.25, 0.3) is 0 Å². The van der Waals surface area contributed by atoms with Crippen LogP contribution in [0, 0.1) is 22.7 Å². The SMILES string of the molecule is CO[C@H]1O[C@@H](OC)[C@H]2C1=CC[C@H]1C(C)(C)[C@@H](OC(C)=O)CC[C@]21C. The molecular weight excluding hydrogens is 308 g/mol. The molecule has 24 heavy (non-hydrogen) atoms. The smallest absolute Gasteiger partial charge is 0.302 e. The Bertz CT molecular complexity index is 540. The Morgan fingerprint density at radius 2 is 1.96 bits per heavy atom. The second kappa shape index (κ2) is 6.11. The summed E-state index contributed by atoms with van der Waals surface area (Å²) in [6, 6.07) is 0. The van der Waals surface area contributed by atoms with Gasteiger partial charge >= 0.3 is 5.97 Å². The molecule has 2 fully saturated rings. The van der Waals surface area contributed by atoms with Crippen LogP contribution in [-0.2, 0) is 23.7 Å². The predicted molar refractivity (Wildman–Crippen MR) is 89.0 cm³/mol. The highest BCUT2D eigenvalue weighted by Gasteiger charge is 2.61. The molecule has 3 rings (SSSR count). The third kappa shape index (κ3) is 2.52. The first-order valence-electron chi connectivity index (χ1n) is 8.84. The van der Waals surface area contributed by atoms with E-state index < -0.39 is 0 Å². The van der Waals surface area contributed by atoms with Crippen molar-refractivity contribution in [1.82, 2.24) is 0 Å². The van der Waals surface area contributed by atoms with Gasteiger partial charge in [-0.1, -0.05) is 26.8 Å². The summed E-state index contributed by atoms with van der Waals surface area (Å²) in [6.45, 7) is 8.30. The van der Waals surface area contributed by atoms with E-state index in [4.69, 9.17) is 18.9 Å². The van der Waals surface area contributed by atoms with E-state index in [0.29, 0.717) is 5.92 Å². The van der Waals surface area contributed by atoms with Gasteiger partial charge < -0.3 is 18.9 Å². The number of fused-ring (bicyclic) bond motifs is 3. The van der Waals surface area contributed by atoms with Crippen LogP contribution in [0.2, 0.25) is 0 Å². The van der Waals surface area contributed by atoms with Crippen molar-refractivity contribution >= 4 is 5.97 Å². The van der Waals surface area contributed by atoms with Gasteiger partial charge in [0.25, 0.3) is 0 Å². The summed E-state index contributed by atoms with van der Waals surface area (Å²) in [7, 11) is 3.37. The van der Waals surface area contributed by atoms with E-state index in [1.807, 2.05) is 0 Å². The van der Waals surface area contributed by atoms with Gasteiger partial charge in [-0.05, 0) is 36.2 Å². The van der Waals surface area contributed by atoms with Gasteiger partial charge in [0.05, 0.1) is 0 Å². The van der Waals surface area contributed by atoms with E-state index in [9.17, 15) is 4.79 Å². The standard InChI is InChI=1S/C19H30O5/c1-11(20)23-14-9-10-19(4)13(18(14,2)3)8-7-12-15(19)17(22-6)24-16(12)21-5/h7,13-17H,8-10H2,1-6H3/t13-,14-,15+,16-,17+,19-/m0/s1. The number of carbonyl (C=O) groups is 1. The van der Waals surface area contributed by atoms with Crippen molar-refractivity contribution in [2.75, 3.05) is 14.2 Å². The van der Waals surface area contributed by atoms with Crippen molar-refractivity contribution in [2.45, 2.75) is 65.6 Å². The predicted octanol–water partition coefficient (Wildman–Crippen LogP) is 3.28. The first-order chi connectivity index (χ1) is 11.3. The summed E-state index contributed by atoms with van der Waals surface area (Å²) in [6.07, 6.45) is 4.44. The van der Waals surface area contributed by atoms with E-state index in [1.165, 1.54) is 12.5 Å². The van der Waals surface area contributed by atoms with Crippen LogP contribution in [0.4, 0.5) is 0 Å². The summed E-state index contributed by atoms with van der Waals surface area (Å²) in [5, 5.41) is 0. The van der Waals surface area contributed by atoms with Gasteiger partial charge in [0.15, 0.2) is 12.6 Å². The summed E-state index contributed by atoms with van der Waals surface area (Å²) in [4.78, 5) is 11.5. The molecule has 1 aliphatic heterocycles. The molecule has 1 heterocycles. The maximum atomic E-state index is 11.5. The lowest BCUT2D eigenvalue weighted by Crippen LogP contribution is -2.56. The lowest BCUT2D eigenvalue weighted by atomic mass is 9.48. The Hall–Kier alpha value is -0.910. The molecule has 6 atom stereocenters. The largest absolute Gasteiger partial charge is 0.462 e. The maximum Gasteiger partial charge on any atom is 0.302 e. The quantitative estimate of drug-likeness (QED) is 0.584. The van der Waals surface area contributed by atoms with Crippen molar-refractivity contribution < 1.29 is 23.7 Å². The van der Waals surface area contributed by atoms with Crippen molar-refractivity contribution in [3.05, 3.63) is 11.6 Å². The number of hydrogen-bond acceptors (Lipinski definition) is 5. The molecule has 5 nitrogen and oxygen atoms in total. The number of hydrogen-bond donors (Lipinski definition) is 0. The molecule has 2 aliphatic carbocycles. The molecule has 0 bridgehead atoms. The fourth-order valence-electron chi connectivity index (χ4n) is 5.55. The molecule has 1 saturated carbocycles. The monoisotopic (exact) mass is 338 g/mol. The molecule has 0 radical (unpaired) electrons.